The summed E-state index contributed by atoms with van der Waals surface area (Å²) in [5.74, 6) is 4.49. The molecule has 0 aliphatic heterocycles. The number of unbranched alkanes of at least 4 members (excludes halogenated alkanes) is 7. The first-order valence-electron chi connectivity index (χ1n) is 7.51. The second-order valence-electron chi connectivity index (χ2n) is 7.03. The monoisotopic (exact) mass is 274 g/mol. The van der Waals surface area contributed by atoms with Crippen LogP contribution in [0.5, 0.6) is 0 Å². The highest BCUT2D eigenvalue weighted by Crippen LogP contribution is 2.22. The maximum absolute atomic E-state index is 11.4. The second-order valence-corrected chi connectivity index (χ2v) is 9.80. The van der Waals surface area contributed by atoms with Crippen LogP contribution in [0.3, 0.4) is 0 Å². The molecule has 0 aliphatic rings. The molecule has 0 amide bonds. The van der Waals surface area contributed by atoms with Crippen molar-refractivity contribution < 1.29 is 4.21 Å². The second kappa shape index (κ2) is 9.01. The van der Waals surface area contributed by atoms with Crippen molar-refractivity contribution in [3.63, 3.8) is 0 Å². The molecule has 0 aromatic carbocycles. The van der Waals surface area contributed by atoms with E-state index in [2.05, 4.69) is 26.6 Å². The summed E-state index contributed by atoms with van der Waals surface area (Å²) >= 11 is 0. The Morgan fingerprint density at radius 3 is 1.61 bits per heavy atom. The first-order valence-corrected chi connectivity index (χ1v) is 9.81. The molecule has 1 unspecified atom stereocenters. The Morgan fingerprint density at radius 2 is 1.22 bits per heavy atom. The smallest absolute Gasteiger partial charge is 0.0156 e. The fraction of sp³-hybridized carbons (Fsp3) is 0.938. The van der Waals surface area contributed by atoms with E-state index >= 15 is 0 Å². The predicted molar refractivity (Wildman–Crippen MR) is 87.1 cm³/mol. The number of rotatable bonds is 10. The molecule has 18 heavy (non-hydrogen) atoms. The molecule has 2 heteroatoms. The highest BCUT2D eigenvalue weighted by Gasteiger charge is 2.08. The molecule has 0 radical (unpaired) electrons. The maximum Gasteiger partial charge on any atom is 0.0156 e. The molecule has 0 spiro atoms. The van der Waals surface area contributed by atoms with Gasteiger partial charge < -0.3 is 0 Å². The molecule has 0 saturated heterocycles. The Bertz CT molecular complexity index is 283. The molecule has 0 N–H and O–H groups in total. The van der Waals surface area contributed by atoms with Gasteiger partial charge >= 0.3 is 0 Å². The first-order chi connectivity index (χ1) is 8.21. The highest BCUT2D eigenvalue weighted by molar-refractivity contribution is 7.99. The molecule has 0 aromatic rings. The first kappa shape index (κ1) is 18.0. The molecule has 1 atom stereocenters. The van der Waals surface area contributed by atoms with Crippen LogP contribution in [0.1, 0.15) is 78.6 Å². The van der Waals surface area contributed by atoms with Crippen molar-refractivity contribution in [3.8, 4) is 0 Å². The van der Waals surface area contributed by atoms with Gasteiger partial charge in [0, 0.05) is 12.0 Å². The van der Waals surface area contributed by atoms with Crippen LogP contribution in [-0.4, -0.2) is 22.1 Å². The lowest BCUT2D eigenvalue weighted by atomic mass is 9.89. The Balaban J connectivity index is 3.17. The van der Waals surface area contributed by atoms with Crippen LogP contribution in [0.25, 0.3) is 0 Å². The van der Waals surface area contributed by atoms with Crippen LogP contribution in [0, 0.1) is 5.41 Å². The van der Waals surface area contributed by atoms with Crippen molar-refractivity contribution in [2.75, 3.05) is 12.0 Å². The molecule has 0 heterocycles. The van der Waals surface area contributed by atoms with Gasteiger partial charge in [-0.15, -0.1) is 0 Å². The van der Waals surface area contributed by atoms with Crippen LogP contribution < -0.4 is 0 Å². The van der Waals surface area contributed by atoms with E-state index in [1.54, 1.807) is 6.26 Å². The summed E-state index contributed by atoms with van der Waals surface area (Å²) in [6, 6.07) is 0. The van der Waals surface area contributed by atoms with Gasteiger partial charge in [0.2, 0.25) is 0 Å². The van der Waals surface area contributed by atoms with E-state index in [-0.39, 0.29) is 0 Å². The van der Waals surface area contributed by atoms with E-state index in [4.69, 9.17) is 0 Å². The summed E-state index contributed by atoms with van der Waals surface area (Å²) < 4.78 is 11.4. The Morgan fingerprint density at radius 1 is 0.833 bits per heavy atom. The molecule has 110 valence electrons. The van der Waals surface area contributed by atoms with Gasteiger partial charge in [-0.1, -0.05) is 65.7 Å². The Hall–Kier alpha value is 0.0200. The van der Waals surface area contributed by atoms with Crippen LogP contribution in [0.15, 0.2) is 0 Å². The van der Waals surface area contributed by atoms with Crippen molar-refractivity contribution in [1.29, 1.82) is 0 Å². The topological polar surface area (TPSA) is 17.1 Å². The summed E-state index contributed by atoms with van der Waals surface area (Å²) in [6.07, 6.45) is 13.6. The van der Waals surface area contributed by atoms with E-state index in [0.29, 0.717) is 5.41 Å². The highest BCUT2D eigenvalue weighted by atomic mass is 32.2. The molecule has 1 nitrogen and oxygen atoms in total. The molecular weight excluding hydrogens is 240 g/mol. The molecule has 0 saturated carbocycles. The van der Waals surface area contributed by atoms with Gasteiger partial charge in [0.25, 0.3) is 0 Å². The fourth-order valence-corrected chi connectivity index (χ4v) is 2.94. The lowest BCUT2D eigenvalue weighted by molar-refractivity contribution is 0.356. The number of hydrogen-bond acceptors (Lipinski definition) is 1. The minimum absolute atomic E-state index is 0.501. The van der Waals surface area contributed by atoms with Crippen molar-refractivity contribution in [2.24, 2.45) is 5.41 Å². The van der Waals surface area contributed by atoms with Crippen LogP contribution >= 0.6 is 0 Å². The van der Waals surface area contributed by atoms with Crippen molar-refractivity contribution in [2.45, 2.75) is 78.6 Å². The molecule has 0 bridgehead atoms. The van der Waals surface area contributed by atoms with Gasteiger partial charge in [-0.25, -0.2) is 0 Å². The zero-order chi connectivity index (χ0) is 14.1. The number of hydrogen-bond donors (Lipinski definition) is 0. The molecular formula is C16H34OS. The quantitative estimate of drug-likeness (QED) is 0.409. The van der Waals surface area contributed by atoms with Crippen molar-refractivity contribution >= 4 is 15.4 Å². The van der Waals surface area contributed by atoms with Gasteiger partial charge in [-0.2, -0.15) is 0 Å². The third-order valence-electron chi connectivity index (χ3n) is 3.25. The summed E-state index contributed by atoms with van der Waals surface area (Å²) in [5.41, 5.74) is 0.501. The standard InChI is InChI=1S/C16H34OS/c1-16(2,3)14-12-10-8-6-7-9-11-13-15-18(4,5)17/h4,6-15H2,1-3,5H3. The zero-order valence-corrected chi connectivity index (χ0v) is 13.9. The van der Waals surface area contributed by atoms with Gasteiger partial charge in [0.1, 0.15) is 0 Å². The van der Waals surface area contributed by atoms with Crippen LogP contribution in [0.2, 0.25) is 0 Å². The summed E-state index contributed by atoms with van der Waals surface area (Å²) in [5, 5.41) is 0. The SMILES string of the molecule is C=S(C)(=O)CCCCCCCCCCC(C)(C)C. The van der Waals surface area contributed by atoms with E-state index in [1.165, 1.54) is 51.4 Å². The average molecular weight is 275 g/mol. The molecule has 0 aromatic heterocycles. The van der Waals surface area contributed by atoms with Crippen LogP contribution in [0.4, 0.5) is 0 Å². The molecule has 0 rings (SSSR count). The lowest BCUT2D eigenvalue weighted by Gasteiger charge is -2.17. The average Bonchev–Trinajstić information content (AvgIpc) is 2.17. The van der Waals surface area contributed by atoms with Crippen molar-refractivity contribution in [3.05, 3.63) is 0 Å². The summed E-state index contributed by atoms with van der Waals surface area (Å²) in [6.45, 7) is 6.96. The van der Waals surface area contributed by atoms with E-state index < -0.39 is 9.52 Å². The third kappa shape index (κ3) is 16.0. The van der Waals surface area contributed by atoms with Crippen LogP contribution in [-0.2, 0) is 9.52 Å². The van der Waals surface area contributed by atoms with Gasteiger partial charge in [0.05, 0.1) is 0 Å². The molecule has 0 fully saturated rings. The maximum atomic E-state index is 11.4. The summed E-state index contributed by atoms with van der Waals surface area (Å²) in [4.78, 5) is 0. The minimum Gasteiger partial charge on any atom is -0.268 e. The van der Waals surface area contributed by atoms with Gasteiger partial charge in [-0.3, -0.25) is 4.21 Å². The Kier molecular flexibility index (Phi) is 9.02. The van der Waals surface area contributed by atoms with Crippen molar-refractivity contribution in [1.82, 2.24) is 0 Å². The fourth-order valence-electron chi connectivity index (χ4n) is 2.12. The van der Waals surface area contributed by atoms with E-state index in [0.717, 1.165) is 12.2 Å². The largest absolute Gasteiger partial charge is 0.268 e. The summed E-state index contributed by atoms with van der Waals surface area (Å²) in [7, 11) is -1.74. The zero-order valence-electron chi connectivity index (χ0n) is 13.1. The lowest BCUT2D eigenvalue weighted by Crippen LogP contribution is -2.03. The normalized spacial score (nSPS) is 15.6. The Labute approximate surface area is 116 Å². The third-order valence-corrected chi connectivity index (χ3v) is 4.41. The van der Waals surface area contributed by atoms with E-state index in [1.807, 2.05) is 0 Å². The van der Waals surface area contributed by atoms with Gasteiger partial charge in [0.15, 0.2) is 0 Å². The predicted octanol–water partition coefficient (Wildman–Crippen LogP) is 4.89. The molecule has 0 aliphatic carbocycles. The minimum atomic E-state index is -1.74. The van der Waals surface area contributed by atoms with E-state index in [9.17, 15) is 4.21 Å². The van der Waals surface area contributed by atoms with Gasteiger partial charge in [-0.05, 0) is 33.6 Å².